The third-order valence-corrected chi connectivity index (χ3v) is 3.65. The van der Waals surface area contributed by atoms with Gasteiger partial charge in [0.25, 0.3) is 0 Å². The van der Waals surface area contributed by atoms with Crippen molar-refractivity contribution in [2.24, 2.45) is 0 Å². The van der Waals surface area contributed by atoms with Crippen molar-refractivity contribution in [3.05, 3.63) is 27.8 Å². The molecule has 1 unspecified atom stereocenters. The van der Waals surface area contributed by atoms with Crippen molar-refractivity contribution in [1.29, 1.82) is 0 Å². The fraction of sp³-hybridized carbons (Fsp3) is 0.583. The van der Waals surface area contributed by atoms with Gasteiger partial charge in [-0.15, -0.1) is 11.3 Å². The Kier molecular flexibility index (Phi) is 4.08. The number of nitrogens with zero attached hydrogens (tertiary/aromatic N) is 3. The van der Waals surface area contributed by atoms with Crippen molar-refractivity contribution in [1.82, 2.24) is 20.4 Å². The molecular weight excluding hydrogens is 248 g/mol. The lowest BCUT2D eigenvalue weighted by molar-refractivity contribution is 0.358. The van der Waals surface area contributed by atoms with Crippen molar-refractivity contribution in [3.63, 3.8) is 0 Å². The summed E-state index contributed by atoms with van der Waals surface area (Å²) in [5.74, 6) is 1.65. The predicted octanol–water partition coefficient (Wildman–Crippen LogP) is 2.81. The van der Waals surface area contributed by atoms with E-state index in [1.54, 1.807) is 11.3 Å². The molecule has 18 heavy (non-hydrogen) atoms. The minimum Gasteiger partial charge on any atom is -0.339 e. The van der Waals surface area contributed by atoms with Crippen molar-refractivity contribution in [2.45, 2.75) is 46.2 Å². The smallest absolute Gasteiger partial charge is 0.229 e. The van der Waals surface area contributed by atoms with Gasteiger partial charge in [-0.2, -0.15) is 4.98 Å². The van der Waals surface area contributed by atoms with Gasteiger partial charge in [-0.3, -0.25) is 0 Å². The summed E-state index contributed by atoms with van der Waals surface area (Å²) in [5, 5.41) is 8.37. The monoisotopic (exact) mass is 266 g/mol. The SMILES string of the molecule is Cc1cnc(C(C)NCc2noc(C(C)C)n2)s1. The Morgan fingerprint density at radius 1 is 1.39 bits per heavy atom. The lowest BCUT2D eigenvalue weighted by Gasteiger charge is -2.08. The van der Waals surface area contributed by atoms with Crippen LogP contribution in [-0.4, -0.2) is 15.1 Å². The third-order valence-electron chi connectivity index (χ3n) is 2.55. The van der Waals surface area contributed by atoms with Gasteiger partial charge in [0, 0.05) is 17.0 Å². The maximum absolute atomic E-state index is 5.15. The quantitative estimate of drug-likeness (QED) is 0.901. The normalized spacial score (nSPS) is 13.2. The maximum atomic E-state index is 5.15. The van der Waals surface area contributed by atoms with E-state index in [2.05, 4.69) is 34.3 Å². The summed E-state index contributed by atoms with van der Waals surface area (Å²) in [6.45, 7) is 8.80. The van der Waals surface area contributed by atoms with Gasteiger partial charge < -0.3 is 9.84 Å². The minimum atomic E-state index is 0.199. The van der Waals surface area contributed by atoms with Crippen LogP contribution in [0.15, 0.2) is 10.7 Å². The van der Waals surface area contributed by atoms with Crippen LogP contribution < -0.4 is 5.32 Å². The van der Waals surface area contributed by atoms with Crippen molar-refractivity contribution < 1.29 is 4.52 Å². The average Bonchev–Trinajstić information content (AvgIpc) is 2.94. The summed E-state index contributed by atoms with van der Waals surface area (Å²) in [6, 6.07) is 0.199. The maximum Gasteiger partial charge on any atom is 0.229 e. The van der Waals surface area contributed by atoms with E-state index in [9.17, 15) is 0 Å². The molecule has 0 bridgehead atoms. The number of hydrogen-bond acceptors (Lipinski definition) is 6. The van der Waals surface area contributed by atoms with E-state index in [0.29, 0.717) is 18.3 Å². The molecular formula is C12H18N4OS. The average molecular weight is 266 g/mol. The third kappa shape index (κ3) is 3.14. The highest BCUT2D eigenvalue weighted by Gasteiger charge is 2.12. The number of hydrogen-bond donors (Lipinski definition) is 1. The molecule has 2 aromatic heterocycles. The molecule has 0 aliphatic carbocycles. The molecule has 0 saturated heterocycles. The Hall–Kier alpha value is -1.27. The molecule has 1 N–H and O–H groups in total. The van der Waals surface area contributed by atoms with Crippen LogP contribution in [0.25, 0.3) is 0 Å². The van der Waals surface area contributed by atoms with Crippen LogP contribution in [0.2, 0.25) is 0 Å². The number of nitrogens with one attached hydrogen (secondary N) is 1. The largest absolute Gasteiger partial charge is 0.339 e. The molecule has 0 saturated carbocycles. The molecule has 2 rings (SSSR count). The van der Waals surface area contributed by atoms with E-state index in [1.807, 2.05) is 20.0 Å². The van der Waals surface area contributed by atoms with Crippen LogP contribution in [0.5, 0.6) is 0 Å². The molecule has 0 aliphatic rings. The van der Waals surface area contributed by atoms with E-state index < -0.39 is 0 Å². The van der Waals surface area contributed by atoms with Crippen LogP contribution in [0.4, 0.5) is 0 Å². The molecule has 0 fully saturated rings. The number of aromatic nitrogens is 3. The predicted molar refractivity (Wildman–Crippen MR) is 70.5 cm³/mol. The molecule has 98 valence electrons. The first-order valence-corrected chi connectivity index (χ1v) is 6.86. The number of rotatable bonds is 5. The van der Waals surface area contributed by atoms with Crippen molar-refractivity contribution >= 4 is 11.3 Å². The van der Waals surface area contributed by atoms with E-state index >= 15 is 0 Å². The van der Waals surface area contributed by atoms with Crippen LogP contribution in [-0.2, 0) is 6.54 Å². The summed E-state index contributed by atoms with van der Waals surface area (Å²) < 4.78 is 5.15. The van der Waals surface area contributed by atoms with Crippen molar-refractivity contribution in [3.8, 4) is 0 Å². The molecule has 0 radical (unpaired) electrons. The van der Waals surface area contributed by atoms with E-state index in [1.165, 1.54) is 4.88 Å². The zero-order valence-corrected chi connectivity index (χ0v) is 11.9. The van der Waals surface area contributed by atoms with Crippen molar-refractivity contribution in [2.75, 3.05) is 0 Å². The highest BCUT2D eigenvalue weighted by molar-refractivity contribution is 7.11. The first-order chi connectivity index (χ1) is 8.56. The second kappa shape index (κ2) is 5.58. The highest BCUT2D eigenvalue weighted by Crippen LogP contribution is 2.19. The van der Waals surface area contributed by atoms with Crippen LogP contribution in [0.3, 0.4) is 0 Å². The summed E-state index contributed by atoms with van der Waals surface area (Å²) in [4.78, 5) is 9.90. The molecule has 0 aliphatic heterocycles. The second-order valence-corrected chi connectivity index (χ2v) is 5.88. The summed E-state index contributed by atoms with van der Waals surface area (Å²) in [6.07, 6.45) is 1.89. The standard InChI is InChI=1S/C12H18N4OS/c1-7(2)11-15-10(16-17-11)6-13-9(4)12-14-5-8(3)18-12/h5,7,9,13H,6H2,1-4H3. The fourth-order valence-electron chi connectivity index (χ4n) is 1.48. The Morgan fingerprint density at radius 3 is 2.72 bits per heavy atom. The van der Waals surface area contributed by atoms with Gasteiger partial charge in [-0.1, -0.05) is 19.0 Å². The van der Waals surface area contributed by atoms with E-state index in [4.69, 9.17) is 4.52 Å². The van der Waals surface area contributed by atoms with Gasteiger partial charge in [-0.05, 0) is 13.8 Å². The Balaban J connectivity index is 1.90. The van der Waals surface area contributed by atoms with Gasteiger partial charge in [0.1, 0.15) is 5.01 Å². The Morgan fingerprint density at radius 2 is 2.17 bits per heavy atom. The van der Waals surface area contributed by atoms with Crippen LogP contribution in [0, 0.1) is 6.92 Å². The molecule has 0 amide bonds. The van der Waals surface area contributed by atoms with Gasteiger partial charge in [0.15, 0.2) is 5.82 Å². The lowest BCUT2D eigenvalue weighted by Crippen LogP contribution is -2.18. The topological polar surface area (TPSA) is 63.8 Å². The molecule has 2 aromatic rings. The fourth-order valence-corrected chi connectivity index (χ4v) is 2.28. The lowest BCUT2D eigenvalue weighted by atomic mass is 10.2. The van der Waals surface area contributed by atoms with Gasteiger partial charge in [-0.25, -0.2) is 4.98 Å². The molecule has 2 heterocycles. The van der Waals surface area contributed by atoms with Gasteiger partial charge >= 0.3 is 0 Å². The number of thiazole rings is 1. The molecule has 0 aromatic carbocycles. The van der Waals surface area contributed by atoms with E-state index in [0.717, 1.165) is 5.01 Å². The second-order valence-electron chi connectivity index (χ2n) is 4.62. The summed E-state index contributed by atoms with van der Waals surface area (Å²) in [5.41, 5.74) is 0. The summed E-state index contributed by atoms with van der Waals surface area (Å²) in [7, 11) is 0. The molecule has 6 heteroatoms. The van der Waals surface area contributed by atoms with Crippen LogP contribution in [0.1, 0.15) is 54.3 Å². The zero-order chi connectivity index (χ0) is 13.1. The summed E-state index contributed by atoms with van der Waals surface area (Å²) >= 11 is 1.70. The molecule has 5 nitrogen and oxygen atoms in total. The Bertz CT molecular complexity index is 506. The van der Waals surface area contributed by atoms with Gasteiger partial charge in [0.05, 0.1) is 12.6 Å². The highest BCUT2D eigenvalue weighted by atomic mass is 32.1. The first kappa shape index (κ1) is 13.2. The first-order valence-electron chi connectivity index (χ1n) is 6.04. The zero-order valence-electron chi connectivity index (χ0n) is 11.1. The van der Waals surface area contributed by atoms with E-state index in [-0.39, 0.29) is 12.0 Å². The van der Waals surface area contributed by atoms with Crippen LogP contribution >= 0.6 is 11.3 Å². The minimum absolute atomic E-state index is 0.199. The molecule has 1 atom stereocenters. The Labute approximate surface area is 111 Å². The number of aryl methyl sites for hydroxylation is 1. The van der Waals surface area contributed by atoms with Gasteiger partial charge in [0.2, 0.25) is 5.89 Å². The molecule has 0 spiro atoms.